The molecule has 1 aliphatic carbocycles. The summed E-state index contributed by atoms with van der Waals surface area (Å²) in [7, 11) is 0. The van der Waals surface area contributed by atoms with Gasteiger partial charge < -0.3 is 5.32 Å². The highest BCUT2D eigenvalue weighted by Crippen LogP contribution is 2.34. The summed E-state index contributed by atoms with van der Waals surface area (Å²) in [5.41, 5.74) is 1.89. The van der Waals surface area contributed by atoms with Crippen molar-refractivity contribution in [2.45, 2.75) is 32.7 Å². The molecule has 1 atom stereocenters. The van der Waals surface area contributed by atoms with Crippen LogP contribution in [-0.4, -0.2) is 5.91 Å². The maximum absolute atomic E-state index is 11.6. The van der Waals surface area contributed by atoms with E-state index in [4.69, 9.17) is 11.6 Å². The number of halogens is 1. The molecule has 1 amide bonds. The maximum Gasteiger partial charge on any atom is 0.217 e. The maximum atomic E-state index is 11.6. The summed E-state index contributed by atoms with van der Waals surface area (Å²) in [4.78, 5) is 11.6. The van der Waals surface area contributed by atoms with E-state index < -0.39 is 5.54 Å². The molecule has 1 N–H and O–H groups in total. The number of hydrogen-bond acceptors (Lipinski definition) is 1. The van der Waals surface area contributed by atoms with Crippen LogP contribution in [0.25, 0.3) is 0 Å². The second-order valence-corrected chi connectivity index (χ2v) is 5.99. The summed E-state index contributed by atoms with van der Waals surface area (Å²) in [6.07, 6.45) is 7.17. The summed E-state index contributed by atoms with van der Waals surface area (Å²) in [5.74, 6) is 0.456. The Morgan fingerprint density at radius 3 is 2.40 bits per heavy atom. The number of benzene rings is 1. The van der Waals surface area contributed by atoms with E-state index in [-0.39, 0.29) is 5.91 Å². The highest BCUT2D eigenvalue weighted by atomic mass is 35.5. The van der Waals surface area contributed by atoms with Gasteiger partial charge in [0.05, 0.1) is 5.54 Å². The van der Waals surface area contributed by atoms with Crippen molar-refractivity contribution in [3.05, 3.63) is 58.7 Å². The summed E-state index contributed by atoms with van der Waals surface area (Å²) in [6.45, 7) is 5.89. The van der Waals surface area contributed by atoms with Gasteiger partial charge in [-0.3, -0.25) is 4.79 Å². The molecule has 20 heavy (non-hydrogen) atoms. The van der Waals surface area contributed by atoms with Gasteiger partial charge in [0.15, 0.2) is 0 Å². The molecule has 0 bridgehead atoms. The van der Waals surface area contributed by atoms with Gasteiger partial charge in [-0.2, -0.15) is 0 Å². The van der Waals surface area contributed by atoms with Crippen LogP contribution in [0.15, 0.2) is 48.1 Å². The molecule has 1 aliphatic rings. The number of carbonyl (C=O) groups excluding carboxylic acids is 1. The van der Waals surface area contributed by atoms with E-state index in [0.29, 0.717) is 10.9 Å². The van der Waals surface area contributed by atoms with Crippen LogP contribution in [0.5, 0.6) is 0 Å². The summed E-state index contributed by atoms with van der Waals surface area (Å²) < 4.78 is 0. The van der Waals surface area contributed by atoms with E-state index in [9.17, 15) is 4.79 Å². The Hall–Kier alpha value is -1.54. The molecule has 0 aliphatic heterocycles. The van der Waals surface area contributed by atoms with Gasteiger partial charge in [-0.15, -0.1) is 0 Å². The van der Waals surface area contributed by atoms with E-state index in [1.807, 2.05) is 24.3 Å². The van der Waals surface area contributed by atoms with E-state index in [1.54, 1.807) is 6.92 Å². The minimum absolute atomic E-state index is 0.0361. The van der Waals surface area contributed by atoms with Crippen molar-refractivity contribution < 1.29 is 4.79 Å². The molecule has 0 fully saturated rings. The molecule has 3 heteroatoms. The fraction of sp³-hybridized carbons (Fsp3) is 0.353. The zero-order chi connectivity index (χ0) is 14.8. The molecule has 0 radical (unpaired) electrons. The van der Waals surface area contributed by atoms with Gasteiger partial charge in [0.1, 0.15) is 0 Å². The largest absolute Gasteiger partial charge is 0.343 e. The van der Waals surface area contributed by atoms with Crippen molar-refractivity contribution in [1.29, 1.82) is 0 Å². The van der Waals surface area contributed by atoms with Crippen molar-refractivity contribution in [2.24, 2.45) is 5.92 Å². The van der Waals surface area contributed by atoms with Crippen molar-refractivity contribution in [2.75, 3.05) is 0 Å². The minimum atomic E-state index is -0.463. The van der Waals surface area contributed by atoms with E-state index >= 15 is 0 Å². The third-order valence-electron chi connectivity index (χ3n) is 3.65. The SMILES string of the molecule is CC(=O)NC1(c2ccc(Cl)cc2)C=CC(C(C)C)=CC1. The fourth-order valence-corrected chi connectivity index (χ4v) is 2.65. The van der Waals surface area contributed by atoms with Crippen molar-refractivity contribution in [3.8, 4) is 0 Å². The van der Waals surface area contributed by atoms with Gasteiger partial charge in [-0.25, -0.2) is 0 Å². The Morgan fingerprint density at radius 1 is 1.30 bits per heavy atom. The topological polar surface area (TPSA) is 29.1 Å². The first-order valence-corrected chi connectivity index (χ1v) is 7.25. The number of hydrogen-bond donors (Lipinski definition) is 1. The number of allylic oxidation sites excluding steroid dienone is 2. The summed E-state index contributed by atoms with van der Waals surface area (Å²) in [5, 5.41) is 3.78. The second kappa shape index (κ2) is 5.84. The first kappa shape index (κ1) is 14.9. The lowest BCUT2D eigenvalue weighted by Crippen LogP contribution is -2.44. The van der Waals surface area contributed by atoms with E-state index in [0.717, 1.165) is 12.0 Å². The van der Waals surface area contributed by atoms with Crippen LogP contribution in [0.1, 0.15) is 32.8 Å². The van der Waals surface area contributed by atoms with Crippen LogP contribution in [0.4, 0.5) is 0 Å². The number of carbonyl (C=O) groups is 1. The molecule has 106 valence electrons. The zero-order valence-electron chi connectivity index (χ0n) is 12.1. The highest BCUT2D eigenvalue weighted by molar-refractivity contribution is 6.30. The lowest BCUT2D eigenvalue weighted by molar-refractivity contribution is -0.120. The van der Waals surface area contributed by atoms with Gasteiger partial charge in [-0.1, -0.05) is 55.8 Å². The average molecular weight is 290 g/mol. The van der Waals surface area contributed by atoms with E-state index in [1.165, 1.54) is 5.57 Å². The molecule has 2 nitrogen and oxygen atoms in total. The number of rotatable bonds is 3. The number of amides is 1. The summed E-state index contributed by atoms with van der Waals surface area (Å²) >= 11 is 5.95. The summed E-state index contributed by atoms with van der Waals surface area (Å²) in [6, 6.07) is 7.65. The third kappa shape index (κ3) is 3.13. The molecule has 0 saturated carbocycles. The average Bonchev–Trinajstić information content (AvgIpc) is 2.39. The van der Waals surface area contributed by atoms with Gasteiger partial charge in [0, 0.05) is 11.9 Å². The molecule has 1 aromatic rings. The first-order chi connectivity index (χ1) is 9.43. The normalized spacial score (nSPS) is 21.8. The Kier molecular flexibility index (Phi) is 4.34. The smallest absolute Gasteiger partial charge is 0.217 e. The molecular weight excluding hydrogens is 270 g/mol. The third-order valence-corrected chi connectivity index (χ3v) is 3.90. The van der Waals surface area contributed by atoms with Crippen LogP contribution in [-0.2, 0) is 10.3 Å². The standard InChI is InChI=1S/C17H20ClNO/c1-12(2)14-8-10-17(11-9-14,19-13(3)20)15-4-6-16(18)7-5-15/h4-10,12H,11H2,1-3H3,(H,19,20). The lowest BCUT2D eigenvalue weighted by Gasteiger charge is -2.34. The highest BCUT2D eigenvalue weighted by Gasteiger charge is 2.31. The van der Waals surface area contributed by atoms with Gasteiger partial charge in [0.2, 0.25) is 5.91 Å². The quantitative estimate of drug-likeness (QED) is 0.887. The predicted molar refractivity (Wildman–Crippen MR) is 83.6 cm³/mol. The molecule has 0 aromatic heterocycles. The van der Waals surface area contributed by atoms with Gasteiger partial charge >= 0.3 is 0 Å². The predicted octanol–water partition coefficient (Wildman–Crippen LogP) is 4.21. The zero-order valence-corrected chi connectivity index (χ0v) is 12.9. The Balaban J connectivity index is 2.37. The Labute approximate surface area is 125 Å². The molecule has 1 unspecified atom stereocenters. The minimum Gasteiger partial charge on any atom is -0.343 e. The second-order valence-electron chi connectivity index (χ2n) is 5.56. The molecule has 0 saturated heterocycles. The van der Waals surface area contributed by atoms with Crippen molar-refractivity contribution in [3.63, 3.8) is 0 Å². The van der Waals surface area contributed by atoms with Crippen molar-refractivity contribution in [1.82, 2.24) is 5.32 Å². The van der Waals surface area contributed by atoms with Crippen molar-refractivity contribution >= 4 is 17.5 Å². The van der Waals surface area contributed by atoms with Crippen LogP contribution < -0.4 is 5.32 Å². The van der Waals surface area contributed by atoms with Crippen LogP contribution in [0.3, 0.4) is 0 Å². The molecule has 2 rings (SSSR count). The Bertz CT molecular complexity index is 557. The van der Waals surface area contributed by atoms with Gasteiger partial charge in [-0.05, 0) is 35.6 Å². The first-order valence-electron chi connectivity index (χ1n) is 6.87. The fourth-order valence-electron chi connectivity index (χ4n) is 2.52. The van der Waals surface area contributed by atoms with Gasteiger partial charge in [0.25, 0.3) is 0 Å². The van der Waals surface area contributed by atoms with E-state index in [2.05, 4.69) is 37.4 Å². The van der Waals surface area contributed by atoms with Crippen LogP contribution in [0, 0.1) is 5.92 Å². The lowest BCUT2D eigenvalue weighted by atomic mass is 9.80. The molecule has 1 aromatic carbocycles. The van der Waals surface area contributed by atoms with Crippen LogP contribution >= 0.6 is 11.6 Å². The molecular formula is C17H20ClNO. The monoisotopic (exact) mass is 289 g/mol. The molecule has 0 heterocycles. The van der Waals surface area contributed by atoms with Crippen LogP contribution in [0.2, 0.25) is 5.02 Å². The molecule has 0 spiro atoms. The number of nitrogens with one attached hydrogen (secondary N) is 1. The Morgan fingerprint density at radius 2 is 1.95 bits per heavy atom.